The second-order valence-corrected chi connectivity index (χ2v) is 5.41. The third-order valence-corrected chi connectivity index (χ3v) is 3.33. The lowest BCUT2D eigenvalue weighted by Gasteiger charge is -2.35. The molecule has 0 bridgehead atoms. The summed E-state index contributed by atoms with van der Waals surface area (Å²) >= 11 is 2.15. The Bertz CT molecular complexity index is 429. The highest BCUT2D eigenvalue weighted by Gasteiger charge is 2.26. The largest absolute Gasteiger partial charge is 0.470 e. The van der Waals surface area contributed by atoms with Crippen molar-refractivity contribution in [2.75, 3.05) is 26.7 Å². The number of aromatic nitrogens is 2. The van der Waals surface area contributed by atoms with Gasteiger partial charge in [0.05, 0.1) is 10.2 Å². The lowest BCUT2D eigenvalue weighted by Crippen LogP contribution is -2.51. The van der Waals surface area contributed by atoms with Crippen LogP contribution in [0.3, 0.4) is 0 Å². The first kappa shape index (κ1) is 13.6. The summed E-state index contributed by atoms with van der Waals surface area (Å²) in [5.74, 6) is 0.310. The summed E-state index contributed by atoms with van der Waals surface area (Å²) in [4.78, 5) is 13.5. The van der Waals surface area contributed by atoms with Gasteiger partial charge in [-0.1, -0.05) is 0 Å². The molecule has 1 aromatic rings. The summed E-state index contributed by atoms with van der Waals surface area (Å²) in [5.41, 5.74) is 0. The van der Waals surface area contributed by atoms with E-state index in [1.807, 2.05) is 7.05 Å². The molecule has 7 heteroatoms. The lowest BCUT2D eigenvalue weighted by atomic mass is 10.2. The van der Waals surface area contributed by atoms with Crippen molar-refractivity contribution in [3.63, 3.8) is 0 Å². The minimum atomic E-state index is -0.286. The van der Waals surface area contributed by atoms with Crippen molar-refractivity contribution in [2.45, 2.75) is 19.6 Å². The highest BCUT2D eigenvalue weighted by Crippen LogP contribution is 2.21. The van der Waals surface area contributed by atoms with Crippen molar-refractivity contribution >= 4 is 28.6 Å². The molecule has 0 spiro atoms. The fourth-order valence-corrected chi connectivity index (χ4v) is 2.31. The van der Waals surface area contributed by atoms with E-state index in [4.69, 9.17) is 9.47 Å². The standard InChI is InChI=1S/C11H16IN3O3/c1-3-17-10(16)7-15-6-9(12)11(13-15)18-8-4-14(2)5-8/h6,8H,3-5,7H2,1-2H3. The van der Waals surface area contributed by atoms with Gasteiger partial charge in [-0.2, -0.15) is 0 Å². The van der Waals surface area contributed by atoms with E-state index >= 15 is 0 Å². The first-order chi connectivity index (χ1) is 8.58. The van der Waals surface area contributed by atoms with Crippen LogP contribution in [0.15, 0.2) is 6.20 Å². The van der Waals surface area contributed by atoms with Gasteiger partial charge >= 0.3 is 5.97 Å². The number of hydrogen-bond donors (Lipinski definition) is 0. The fourth-order valence-electron chi connectivity index (χ4n) is 1.75. The predicted molar refractivity (Wildman–Crippen MR) is 73.5 cm³/mol. The molecule has 2 rings (SSSR count). The molecular formula is C11H16IN3O3. The molecule has 0 atom stereocenters. The molecule has 1 fully saturated rings. The SMILES string of the molecule is CCOC(=O)Cn1cc(I)c(OC2CN(C)C2)n1. The average Bonchev–Trinajstić information content (AvgIpc) is 2.57. The summed E-state index contributed by atoms with van der Waals surface area (Å²) in [7, 11) is 2.05. The highest BCUT2D eigenvalue weighted by atomic mass is 127. The Hall–Kier alpha value is -0.830. The van der Waals surface area contributed by atoms with Crippen LogP contribution in [0.4, 0.5) is 0 Å². The Morgan fingerprint density at radius 1 is 1.61 bits per heavy atom. The number of carbonyl (C=O) groups excluding carboxylic acids is 1. The molecule has 0 amide bonds. The van der Waals surface area contributed by atoms with E-state index in [1.165, 1.54) is 0 Å². The van der Waals surface area contributed by atoms with E-state index in [1.54, 1.807) is 17.8 Å². The quantitative estimate of drug-likeness (QED) is 0.569. The molecule has 18 heavy (non-hydrogen) atoms. The van der Waals surface area contributed by atoms with Crippen LogP contribution in [0.5, 0.6) is 5.88 Å². The van der Waals surface area contributed by atoms with Crippen molar-refractivity contribution < 1.29 is 14.3 Å². The van der Waals surface area contributed by atoms with Crippen molar-refractivity contribution in [3.8, 4) is 5.88 Å². The van der Waals surface area contributed by atoms with Crippen molar-refractivity contribution in [1.82, 2.24) is 14.7 Å². The van der Waals surface area contributed by atoms with Gasteiger partial charge in [0.1, 0.15) is 12.6 Å². The Balaban J connectivity index is 1.92. The van der Waals surface area contributed by atoms with E-state index < -0.39 is 0 Å². The number of likely N-dealkylation sites (N-methyl/N-ethyl adjacent to an activating group) is 1. The normalized spacial score (nSPS) is 16.4. The Morgan fingerprint density at radius 3 is 2.94 bits per heavy atom. The molecule has 0 unspecified atom stereocenters. The number of halogens is 1. The lowest BCUT2D eigenvalue weighted by molar-refractivity contribution is -0.144. The van der Waals surface area contributed by atoms with E-state index in [0.717, 1.165) is 16.7 Å². The highest BCUT2D eigenvalue weighted by molar-refractivity contribution is 14.1. The van der Waals surface area contributed by atoms with Crippen molar-refractivity contribution in [3.05, 3.63) is 9.77 Å². The maximum absolute atomic E-state index is 11.3. The zero-order chi connectivity index (χ0) is 13.1. The Morgan fingerprint density at radius 2 is 2.33 bits per heavy atom. The van der Waals surface area contributed by atoms with E-state index in [0.29, 0.717) is 12.5 Å². The Labute approximate surface area is 119 Å². The third-order valence-electron chi connectivity index (χ3n) is 2.59. The fraction of sp³-hybridized carbons (Fsp3) is 0.636. The molecule has 1 aromatic heterocycles. The van der Waals surface area contributed by atoms with Crippen LogP contribution in [0, 0.1) is 3.57 Å². The summed E-state index contributed by atoms with van der Waals surface area (Å²) in [6.07, 6.45) is 1.99. The molecule has 1 aliphatic rings. The van der Waals surface area contributed by atoms with Crippen LogP contribution < -0.4 is 4.74 Å². The third kappa shape index (κ3) is 3.35. The van der Waals surface area contributed by atoms with Gasteiger partial charge in [0, 0.05) is 19.3 Å². The zero-order valence-electron chi connectivity index (χ0n) is 10.4. The summed E-state index contributed by atoms with van der Waals surface area (Å²) in [6, 6.07) is 0. The van der Waals surface area contributed by atoms with Crippen LogP contribution in [-0.2, 0) is 16.1 Å². The first-order valence-electron chi connectivity index (χ1n) is 5.82. The van der Waals surface area contributed by atoms with Gasteiger partial charge < -0.3 is 9.47 Å². The van der Waals surface area contributed by atoms with Gasteiger partial charge in [0.2, 0.25) is 5.88 Å². The number of carbonyl (C=O) groups is 1. The number of likely N-dealkylation sites (tertiary alicyclic amines) is 1. The second kappa shape index (κ2) is 5.87. The van der Waals surface area contributed by atoms with Gasteiger partial charge in [-0.15, -0.1) is 5.10 Å². The molecule has 0 saturated carbocycles. The van der Waals surface area contributed by atoms with Crippen molar-refractivity contribution in [1.29, 1.82) is 0 Å². The molecular weight excluding hydrogens is 349 g/mol. The predicted octanol–water partition coefficient (Wildman–Crippen LogP) is 0.744. The average molecular weight is 365 g/mol. The first-order valence-corrected chi connectivity index (χ1v) is 6.90. The van der Waals surface area contributed by atoms with Crippen LogP contribution in [0.2, 0.25) is 0 Å². The van der Waals surface area contributed by atoms with Crippen LogP contribution >= 0.6 is 22.6 Å². The van der Waals surface area contributed by atoms with E-state index in [9.17, 15) is 4.79 Å². The minimum Gasteiger partial charge on any atom is -0.470 e. The summed E-state index contributed by atoms with van der Waals surface area (Å²) in [6.45, 7) is 4.13. The maximum atomic E-state index is 11.3. The van der Waals surface area contributed by atoms with Gasteiger partial charge in [-0.25, -0.2) is 0 Å². The van der Waals surface area contributed by atoms with Gasteiger partial charge in [0.25, 0.3) is 0 Å². The molecule has 1 saturated heterocycles. The van der Waals surface area contributed by atoms with Crippen molar-refractivity contribution in [2.24, 2.45) is 0 Å². The molecule has 1 aliphatic heterocycles. The second-order valence-electron chi connectivity index (χ2n) is 4.25. The van der Waals surface area contributed by atoms with Gasteiger partial charge in [-0.05, 0) is 36.6 Å². The molecule has 0 aromatic carbocycles. The van der Waals surface area contributed by atoms with Crippen LogP contribution in [0.1, 0.15) is 6.92 Å². The Kier molecular flexibility index (Phi) is 4.44. The molecule has 2 heterocycles. The van der Waals surface area contributed by atoms with Crippen LogP contribution in [-0.4, -0.2) is 53.5 Å². The number of nitrogens with zero attached hydrogens (tertiary/aromatic N) is 3. The molecule has 0 N–H and O–H groups in total. The number of rotatable bonds is 5. The molecule has 100 valence electrons. The number of esters is 1. The smallest absolute Gasteiger partial charge is 0.327 e. The number of ether oxygens (including phenoxy) is 2. The van der Waals surface area contributed by atoms with Gasteiger partial charge in [-0.3, -0.25) is 14.4 Å². The summed E-state index contributed by atoms with van der Waals surface area (Å²) in [5, 5.41) is 4.25. The minimum absolute atomic E-state index is 0.123. The van der Waals surface area contributed by atoms with E-state index in [2.05, 4.69) is 32.6 Å². The monoisotopic (exact) mass is 365 g/mol. The number of hydrogen-bond acceptors (Lipinski definition) is 5. The summed E-state index contributed by atoms with van der Waals surface area (Å²) < 4.78 is 13.1. The topological polar surface area (TPSA) is 56.6 Å². The molecule has 0 aliphatic carbocycles. The van der Waals surface area contributed by atoms with Crippen LogP contribution in [0.25, 0.3) is 0 Å². The molecule has 6 nitrogen and oxygen atoms in total. The maximum Gasteiger partial charge on any atom is 0.327 e. The molecule has 0 radical (unpaired) electrons. The zero-order valence-corrected chi connectivity index (χ0v) is 12.6. The van der Waals surface area contributed by atoms with Gasteiger partial charge in [0.15, 0.2) is 0 Å². The van der Waals surface area contributed by atoms with E-state index in [-0.39, 0.29) is 18.6 Å².